The Bertz CT molecular complexity index is 658. The van der Waals surface area contributed by atoms with Gasteiger partial charge in [0.15, 0.2) is 0 Å². The SMILES string of the molecule is CC(C)(C)N1C[C@@H](C(=O)O)[C@H](c2cc(C(F)(F)F)cc(C(F)(F)F)c2)C1. The molecule has 2 atom stereocenters. The summed E-state index contributed by atoms with van der Waals surface area (Å²) in [6.45, 7) is 5.55. The Labute approximate surface area is 146 Å². The zero-order valence-electron chi connectivity index (χ0n) is 14.4. The van der Waals surface area contributed by atoms with E-state index in [9.17, 15) is 36.2 Å². The molecule has 1 aliphatic rings. The number of aliphatic carboxylic acids is 1. The third-order valence-electron chi connectivity index (χ3n) is 4.62. The van der Waals surface area contributed by atoms with Crippen LogP contribution in [0.1, 0.15) is 43.4 Å². The maximum absolute atomic E-state index is 13.1. The van der Waals surface area contributed by atoms with Crippen molar-refractivity contribution in [1.82, 2.24) is 4.90 Å². The predicted octanol–water partition coefficient (Wildman–Crippen LogP) is 4.62. The molecule has 1 N–H and O–H groups in total. The summed E-state index contributed by atoms with van der Waals surface area (Å²) in [4.78, 5) is 13.3. The third kappa shape index (κ3) is 4.31. The fourth-order valence-electron chi connectivity index (χ4n) is 3.13. The van der Waals surface area contributed by atoms with Crippen LogP contribution in [-0.2, 0) is 17.1 Å². The number of hydrogen-bond acceptors (Lipinski definition) is 2. The van der Waals surface area contributed by atoms with Gasteiger partial charge in [-0.15, -0.1) is 0 Å². The van der Waals surface area contributed by atoms with Crippen LogP contribution in [-0.4, -0.2) is 34.6 Å². The molecule has 1 fully saturated rings. The molecule has 0 spiro atoms. The van der Waals surface area contributed by atoms with E-state index in [-0.39, 0.29) is 24.7 Å². The first-order valence-corrected chi connectivity index (χ1v) is 7.88. The van der Waals surface area contributed by atoms with E-state index >= 15 is 0 Å². The third-order valence-corrected chi connectivity index (χ3v) is 4.62. The van der Waals surface area contributed by atoms with E-state index in [2.05, 4.69) is 0 Å². The van der Waals surface area contributed by atoms with E-state index in [1.165, 1.54) is 0 Å². The zero-order valence-corrected chi connectivity index (χ0v) is 14.4. The molecule has 0 saturated carbocycles. The summed E-state index contributed by atoms with van der Waals surface area (Å²) in [5, 5.41) is 9.42. The summed E-state index contributed by atoms with van der Waals surface area (Å²) in [6, 6.07) is 1.31. The van der Waals surface area contributed by atoms with Crippen molar-refractivity contribution in [2.45, 2.75) is 44.6 Å². The maximum atomic E-state index is 13.1. The van der Waals surface area contributed by atoms with Gasteiger partial charge in [0.05, 0.1) is 17.0 Å². The summed E-state index contributed by atoms with van der Waals surface area (Å²) in [7, 11) is 0. The molecule has 1 saturated heterocycles. The van der Waals surface area contributed by atoms with Gasteiger partial charge in [-0.2, -0.15) is 26.3 Å². The lowest BCUT2D eigenvalue weighted by atomic mass is 9.87. The molecule has 0 unspecified atom stereocenters. The van der Waals surface area contributed by atoms with Gasteiger partial charge in [0, 0.05) is 24.5 Å². The van der Waals surface area contributed by atoms with Crippen LogP contribution in [0.2, 0.25) is 0 Å². The Morgan fingerprint density at radius 2 is 1.42 bits per heavy atom. The van der Waals surface area contributed by atoms with E-state index in [0.29, 0.717) is 12.1 Å². The number of carboxylic acid groups (broad SMARTS) is 1. The molecule has 2 rings (SSSR count). The van der Waals surface area contributed by atoms with Crippen molar-refractivity contribution >= 4 is 5.97 Å². The number of benzene rings is 1. The maximum Gasteiger partial charge on any atom is 0.416 e. The van der Waals surface area contributed by atoms with Gasteiger partial charge in [-0.1, -0.05) is 0 Å². The Morgan fingerprint density at radius 3 is 1.77 bits per heavy atom. The number of carbonyl (C=O) groups is 1. The van der Waals surface area contributed by atoms with E-state index in [0.717, 1.165) is 0 Å². The second-order valence-corrected chi connectivity index (χ2v) is 7.47. The standard InChI is InChI=1S/C17H19F6NO2/c1-15(2,3)24-7-12(13(8-24)14(25)26)9-4-10(16(18,19)20)6-11(5-9)17(21,22)23/h4-6,12-13H,7-8H2,1-3H3,(H,25,26)/t12-,13+/m0/s1. The minimum atomic E-state index is -4.96. The van der Waals surface area contributed by atoms with Crippen LogP contribution in [0.4, 0.5) is 26.3 Å². The smallest absolute Gasteiger partial charge is 0.416 e. The molecular formula is C17H19F6NO2. The highest BCUT2D eigenvalue weighted by Crippen LogP contribution is 2.42. The molecule has 1 heterocycles. The molecule has 0 aliphatic carbocycles. The van der Waals surface area contributed by atoms with Crippen molar-refractivity contribution in [2.75, 3.05) is 13.1 Å². The van der Waals surface area contributed by atoms with E-state index in [1.54, 1.807) is 4.90 Å². The molecule has 1 aromatic carbocycles. The normalized spacial score (nSPS) is 22.7. The highest BCUT2D eigenvalue weighted by molar-refractivity contribution is 5.72. The summed E-state index contributed by atoms with van der Waals surface area (Å²) in [5.74, 6) is -3.29. The van der Waals surface area contributed by atoms with Crippen LogP contribution >= 0.6 is 0 Å². The number of alkyl halides is 6. The largest absolute Gasteiger partial charge is 0.481 e. The summed E-state index contributed by atoms with van der Waals surface area (Å²) in [6.07, 6.45) is -9.92. The van der Waals surface area contributed by atoms with Crippen LogP contribution in [0.5, 0.6) is 0 Å². The lowest BCUT2D eigenvalue weighted by molar-refractivity contribution is -0.143. The Hall–Kier alpha value is -1.77. The molecule has 0 bridgehead atoms. The van der Waals surface area contributed by atoms with Gasteiger partial charge in [-0.05, 0) is 44.5 Å². The average Bonchev–Trinajstić information content (AvgIpc) is 2.90. The molecule has 3 nitrogen and oxygen atoms in total. The van der Waals surface area contributed by atoms with Crippen molar-refractivity contribution in [3.8, 4) is 0 Å². The highest BCUT2D eigenvalue weighted by atomic mass is 19.4. The molecule has 1 aromatic rings. The highest BCUT2D eigenvalue weighted by Gasteiger charge is 2.44. The van der Waals surface area contributed by atoms with Gasteiger partial charge in [0.2, 0.25) is 0 Å². The lowest BCUT2D eigenvalue weighted by Crippen LogP contribution is -2.40. The second-order valence-electron chi connectivity index (χ2n) is 7.47. The van der Waals surface area contributed by atoms with Crippen LogP contribution in [0.3, 0.4) is 0 Å². The Balaban J connectivity index is 2.56. The van der Waals surface area contributed by atoms with Crippen molar-refractivity contribution in [3.05, 3.63) is 34.9 Å². The van der Waals surface area contributed by atoms with E-state index in [1.807, 2.05) is 20.8 Å². The molecule has 26 heavy (non-hydrogen) atoms. The number of likely N-dealkylation sites (tertiary alicyclic amines) is 1. The molecule has 1 aliphatic heterocycles. The lowest BCUT2D eigenvalue weighted by Gasteiger charge is -2.31. The predicted molar refractivity (Wildman–Crippen MR) is 81.6 cm³/mol. The first-order valence-electron chi connectivity index (χ1n) is 7.88. The molecular weight excluding hydrogens is 364 g/mol. The van der Waals surface area contributed by atoms with Crippen molar-refractivity contribution in [3.63, 3.8) is 0 Å². The van der Waals surface area contributed by atoms with Gasteiger partial charge in [0.25, 0.3) is 0 Å². The first kappa shape index (κ1) is 20.5. The minimum absolute atomic E-state index is 0.0513. The molecule has 146 valence electrons. The Kier molecular flexibility index (Phi) is 5.09. The van der Waals surface area contributed by atoms with E-state index < -0.39 is 46.8 Å². The van der Waals surface area contributed by atoms with Crippen molar-refractivity contribution < 1.29 is 36.2 Å². The quantitative estimate of drug-likeness (QED) is 0.758. The monoisotopic (exact) mass is 383 g/mol. The van der Waals surface area contributed by atoms with Crippen molar-refractivity contribution in [2.24, 2.45) is 5.92 Å². The van der Waals surface area contributed by atoms with Crippen molar-refractivity contribution in [1.29, 1.82) is 0 Å². The molecule has 0 radical (unpaired) electrons. The first-order chi connectivity index (χ1) is 11.6. The number of hydrogen-bond donors (Lipinski definition) is 1. The minimum Gasteiger partial charge on any atom is -0.481 e. The number of halogens is 6. The molecule has 0 amide bonds. The Morgan fingerprint density at radius 1 is 0.962 bits per heavy atom. The van der Waals surface area contributed by atoms with Gasteiger partial charge >= 0.3 is 18.3 Å². The van der Waals surface area contributed by atoms with Crippen LogP contribution in [0, 0.1) is 5.92 Å². The van der Waals surface area contributed by atoms with Crippen LogP contribution in [0.15, 0.2) is 18.2 Å². The van der Waals surface area contributed by atoms with Crippen LogP contribution in [0.25, 0.3) is 0 Å². The topological polar surface area (TPSA) is 40.5 Å². The average molecular weight is 383 g/mol. The summed E-state index contributed by atoms with van der Waals surface area (Å²) in [5.41, 5.74) is -3.58. The molecule has 9 heteroatoms. The summed E-state index contributed by atoms with van der Waals surface area (Å²) >= 11 is 0. The number of rotatable bonds is 2. The van der Waals surface area contributed by atoms with Gasteiger partial charge in [-0.25, -0.2) is 0 Å². The second kappa shape index (κ2) is 6.44. The number of nitrogens with zero attached hydrogens (tertiary/aromatic N) is 1. The zero-order chi connectivity index (χ0) is 20.1. The summed E-state index contributed by atoms with van der Waals surface area (Å²) < 4.78 is 78.3. The fraction of sp³-hybridized carbons (Fsp3) is 0.588. The van der Waals surface area contributed by atoms with E-state index in [4.69, 9.17) is 0 Å². The van der Waals surface area contributed by atoms with Crippen LogP contribution < -0.4 is 0 Å². The molecule has 0 aromatic heterocycles. The van der Waals surface area contributed by atoms with Gasteiger partial charge < -0.3 is 5.11 Å². The fourth-order valence-corrected chi connectivity index (χ4v) is 3.13. The van der Waals surface area contributed by atoms with Gasteiger partial charge in [0.1, 0.15) is 0 Å². The van der Waals surface area contributed by atoms with Gasteiger partial charge in [-0.3, -0.25) is 9.69 Å². The number of carboxylic acids is 1.